The van der Waals surface area contributed by atoms with Crippen LogP contribution in [-0.2, 0) is 4.74 Å². The topological polar surface area (TPSA) is 64.7 Å². The van der Waals surface area contributed by atoms with E-state index in [-0.39, 0.29) is 22.0 Å². The summed E-state index contributed by atoms with van der Waals surface area (Å²) >= 11 is 6.64. The largest absolute Gasteiger partial charge is 0.443 e. The zero-order valence-corrected chi connectivity index (χ0v) is 21.6. The third-order valence-corrected chi connectivity index (χ3v) is 7.48. The summed E-state index contributed by atoms with van der Waals surface area (Å²) in [4.78, 5) is 25.8. The molecule has 2 atom stereocenters. The lowest BCUT2D eigenvalue weighted by atomic mass is 10.1. The van der Waals surface area contributed by atoms with E-state index in [9.17, 15) is 9.18 Å². The molecule has 5 rings (SSSR count). The monoisotopic (exact) mass is 505 g/mol. The summed E-state index contributed by atoms with van der Waals surface area (Å²) in [7, 11) is 5.63. The van der Waals surface area contributed by atoms with Crippen LogP contribution in [0.5, 0.6) is 0 Å². The Bertz CT molecular complexity index is 1350. The number of ether oxygens (including phenoxy) is 1. The number of carbonyl (C=O) groups is 1. The number of H-pyrrole nitrogens is 1. The first kappa shape index (κ1) is 24.1. The van der Waals surface area contributed by atoms with Gasteiger partial charge in [0.1, 0.15) is 11.2 Å². The van der Waals surface area contributed by atoms with E-state index in [2.05, 4.69) is 33.9 Å². The summed E-state index contributed by atoms with van der Waals surface area (Å²) in [6, 6.07) is 1.49. The van der Waals surface area contributed by atoms with Crippen molar-refractivity contribution >= 4 is 51.0 Å². The van der Waals surface area contributed by atoms with E-state index in [0.717, 1.165) is 32.0 Å². The van der Waals surface area contributed by atoms with Gasteiger partial charge in [-0.3, -0.25) is 4.90 Å². The summed E-state index contributed by atoms with van der Waals surface area (Å²) in [5, 5.41) is 0.821. The summed E-state index contributed by atoms with van der Waals surface area (Å²) in [5.74, 6) is -2.08. The Morgan fingerprint density at radius 2 is 2.00 bits per heavy atom. The van der Waals surface area contributed by atoms with Crippen LogP contribution in [0.25, 0.3) is 21.9 Å². The second-order valence-electron chi connectivity index (χ2n) is 11.0. The first-order chi connectivity index (χ1) is 16.3. The first-order valence-electron chi connectivity index (χ1n) is 11.7. The fraction of sp³-hybridized carbons (Fsp3) is 0.520. The predicted molar refractivity (Wildman–Crippen MR) is 135 cm³/mol. The van der Waals surface area contributed by atoms with Crippen LogP contribution in [0.15, 0.2) is 12.3 Å². The van der Waals surface area contributed by atoms with E-state index >= 15 is 4.39 Å². The molecule has 2 aromatic heterocycles. The quantitative estimate of drug-likeness (QED) is 0.505. The van der Waals surface area contributed by atoms with Crippen molar-refractivity contribution in [2.75, 3.05) is 44.0 Å². The highest BCUT2D eigenvalue weighted by Gasteiger charge is 2.58. The van der Waals surface area contributed by atoms with Gasteiger partial charge in [0.15, 0.2) is 11.6 Å². The average molecular weight is 506 g/mol. The highest BCUT2D eigenvalue weighted by atomic mass is 35.5. The second kappa shape index (κ2) is 7.93. The van der Waals surface area contributed by atoms with Crippen molar-refractivity contribution in [2.24, 2.45) is 5.41 Å². The number of hydrogen-bond acceptors (Lipinski definition) is 5. The zero-order chi connectivity index (χ0) is 25.4. The number of pyridine rings is 1. The van der Waals surface area contributed by atoms with Crippen molar-refractivity contribution in [3.05, 3.63) is 28.9 Å². The molecule has 188 valence electrons. The van der Waals surface area contributed by atoms with Crippen molar-refractivity contribution < 1.29 is 18.3 Å². The number of aromatic nitrogens is 2. The lowest BCUT2D eigenvalue weighted by molar-refractivity contribution is 0.0589. The lowest BCUT2D eigenvalue weighted by Crippen LogP contribution is -2.34. The molecule has 1 saturated heterocycles. The number of nitrogens with one attached hydrogen (secondary N) is 1. The number of amides is 1. The van der Waals surface area contributed by atoms with Gasteiger partial charge in [0, 0.05) is 37.7 Å². The number of carbonyl (C=O) groups excluding carboxylic acids is 1. The molecule has 2 fully saturated rings. The number of benzene rings is 1. The zero-order valence-electron chi connectivity index (χ0n) is 20.8. The molecule has 2 unspecified atom stereocenters. The maximum Gasteiger partial charge on any atom is 0.414 e. The van der Waals surface area contributed by atoms with E-state index in [1.165, 1.54) is 18.1 Å². The number of halogens is 3. The molecule has 1 saturated carbocycles. The lowest BCUT2D eigenvalue weighted by Gasteiger charge is -2.25. The Labute approximate surface area is 208 Å². The van der Waals surface area contributed by atoms with Gasteiger partial charge in [-0.1, -0.05) is 11.6 Å². The van der Waals surface area contributed by atoms with Crippen LogP contribution in [0.3, 0.4) is 0 Å². The molecule has 0 bridgehead atoms. The fourth-order valence-corrected chi connectivity index (χ4v) is 5.75. The second-order valence-corrected chi connectivity index (χ2v) is 11.4. The number of rotatable bonds is 3. The van der Waals surface area contributed by atoms with E-state index in [1.807, 2.05) is 0 Å². The molecule has 1 spiro atoms. The molecule has 7 nitrogen and oxygen atoms in total. The average Bonchev–Trinajstić information content (AvgIpc) is 3.10. The van der Waals surface area contributed by atoms with Crippen molar-refractivity contribution in [3.63, 3.8) is 0 Å². The molecule has 1 N–H and O–H groups in total. The minimum Gasteiger partial charge on any atom is -0.443 e. The van der Waals surface area contributed by atoms with Gasteiger partial charge in [-0.2, -0.15) is 0 Å². The SMILES string of the molecule is CN(C(=O)OC(C)(C)C)c1cc(F)c(F)c2c1[nH]c1ncc(Cl)c(N3CCC4(CC4N(C)C)C3)c12. The number of aromatic amines is 1. The van der Waals surface area contributed by atoms with Crippen molar-refractivity contribution in [1.82, 2.24) is 14.9 Å². The molecule has 1 amide bonds. The maximum atomic E-state index is 15.4. The summed E-state index contributed by atoms with van der Waals surface area (Å²) in [6.07, 6.45) is 2.95. The Hall–Kier alpha value is -2.65. The van der Waals surface area contributed by atoms with Crippen LogP contribution >= 0.6 is 11.6 Å². The molecule has 3 heterocycles. The number of hydrogen-bond donors (Lipinski definition) is 1. The Morgan fingerprint density at radius 1 is 1.29 bits per heavy atom. The van der Waals surface area contributed by atoms with E-state index < -0.39 is 23.3 Å². The summed E-state index contributed by atoms with van der Waals surface area (Å²) < 4.78 is 35.7. The Balaban J connectivity index is 1.66. The van der Waals surface area contributed by atoms with E-state index in [1.54, 1.807) is 20.8 Å². The van der Waals surface area contributed by atoms with Crippen molar-refractivity contribution in [3.8, 4) is 0 Å². The third kappa shape index (κ3) is 3.89. The number of anilines is 2. The fourth-order valence-electron chi connectivity index (χ4n) is 5.49. The first-order valence-corrected chi connectivity index (χ1v) is 12.1. The third-order valence-electron chi connectivity index (χ3n) is 7.20. The van der Waals surface area contributed by atoms with Crippen molar-refractivity contribution in [2.45, 2.75) is 45.3 Å². The van der Waals surface area contributed by atoms with E-state index in [0.29, 0.717) is 27.8 Å². The molecule has 1 aliphatic carbocycles. The minimum absolute atomic E-state index is 0.0244. The van der Waals surface area contributed by atoms with Gasteiger partial charge in [-0.05, 0) is 47.7 Å². The van der Waals surface area contributed by atoms with Gasteiger partial charge in [-0.15, -0.1) is 0 Å². The Morgan fingerprint density at radius 3 is 2.63 bits per heavy atom. The highest BCUT2D eigenvalue weighted by molar-refractivity contribution is 6.36. The number of fused-ring (bicyclic) bond motifs is 3. The smallest absolute Gasteiger partial charge is 0.414 e. The maximum absolute atomic E-state index is 15.4. The van der Waals surface area contributed by atoms with Gasteiger partial charge in [0.25, 0.3) is 0 Å². The molecular weight excluding hydrogens is 476 g/mol. The van der Waals surface area contributed by atoms with E-state index in [4.69, 9.17) is 16.3 Å². The normalized spacial score (nSPS) is 22.1. The molecular formula is C25H30ClF2N5O2. The van der Waals surface area contributed by atoms with Gasteiger partial charge in [0.2, 0.25) is 0 Å². The number of nitrogens with zero attached hydrogens (tertiary/aromatic N) is 4. The Kier molecular flexibility index (Phi) is 5.45. The molecule has 1 aromatic carbocycles. The van der Waals surface area contributed by atoms with Crippen LogP contribution in [0, 0.1) is 17.0 Å². The van der Waals surface area contributed by atoms with Crippen LogP contribution < -0.4 is 9.80 Å². The van der Waals surface area contributed by atoms with Crippen LogP contribution in [-0.4, -0.2) is 66.8 Å². The minimum atomic E-state index is -1.07. The molecule has 0 radical (unpaired) electrons. The van der Waals surface area contributed by atoms with Crippen LogP contribution in [0.1, 0.15) is 33.6 Å². The van der Waals surface area contributed by atoms with Gasteiger partial charge in [-0.25, -0.2) is 18.6 Å². The molecule has 10 heteroatoms. The molecule has 2 aliphatic rings. The molecule has 1 aliphatic heterocycles. The predicted octanol–water partition coefficient (Wildman–Crippen LogP) is 5.55. The van der Waals surface area contributed by atoms with Gasteiger partial charge in [0.05, 0.1) is 38.9 Å². The van der Waals surface area contributed by atoms with Crippen LogP contribution in [0.2, 0.25) is 5.02 Å². The molecule has 3 aromatic rings. The van der Waals surface area contributed by atoms with Crippen LogP contribution in [0.4, 0.5) is 25.0 Å². The summed E-state index contributed by atoms with van der Waals surface area (Å²) in [6.45, 7) is 6.76. The highest BCUT2D eigenvalue weighted by Crippen LogP contribution is 2.57. The van der Waals surface area contributed by atoms with Gasteiger partial charge < -0.3 is 19.5 Å². The molecule has 35 heavy (non-hydrogen) atoms. The van der Waals surface area contributed by atoms with Crippen molar-refractivity contribution in [1.29, 1.82) is 0 Å². The van der Waals surface area contributed by atoms with Gasteiger partial charge >= 0.3 is 6.09 Å². The standard InChI is InChI=1S/C25H30ClF2N5O2/c1-24(2,3)35-23(34)32(6)15-9-14(27)19(28)17-18-21(13(26)11-29-22(18)30-20(15)17)33-8-7-25(12-33)10-16(25)31(4)5/h9,11,16H,7-8,10,12H2,1-6H3,(H,29,30). The summed E-state index contributed by atoms with van der Waals surface area (Å²) in [5.41, 5.74) is 0.865.